The van der Waals surface area contributed by atoms with Crippen molar-refractivity contribution in [2.24, 2.45) is 0 Å². The second-order valence-corrected chi connectivity index (χ2v) is 5.35. The Labute approximate surface area is 107 Å². The van der Waals surface area contributed by atoms with Crippen LogP contribution in [0.1, 0.15) is 0 Å². The maximum atomic E-state index is 13.0. The monoisotopic (exact) mass is 297 g/mol. The molecule has 18 heavy (non-hydrogen) atoms. The number of sulfonamides is 1. The van der Waals surface area contributed by atoms with Gasteiger partial charge in [-0.1, -0.05) is 11.6 Å². The van der Waals surface area contributed by atoms with E-state index in [-0.39, 0.29) is 5.02 Å². The molecule has 0 heterocycles. The Morgan fingerprint density at radius 3 is 2.72 bits per heavy atom. The Bertz CT molecular complexity index is 575. The Hall–Kier alpha value is -1.54. The van der Waals surface area contributed by atoms with Crippen LogP contribution < -0.4 is 4.72 Å². The molecule has 0 saturated carbocycles. The van der Waals surface area contributed by atoms with E-state index in [0.29, 0.717) is 0 Å². The summed E-state index contributed by atoms with van der Waals surface area (Å²) in [5, 5.41) is 9.08. The van der Waals surface area contributed by atoms with Crippen LogP contribution in [0.3, 0.4) is 0 Å². The number of halogens is 2. The number of anilines is 1. The zero-order valence-corrected chi connectivity index (χ0v) is 10.7. The van der Waals surface area contributed by atoms with Gasteiger partial charge in [-0.25, -0.2) is 12.8 Å². The third kappa shape index (κ3) is 3.74. The standard InChI is InChI=1S/C9H9ClFNO5S/c1-17-8(13)4-18(15,16)12-7-3-5(11)2-6(10)9(7)14/h2-3,12,14H,4H2,1H3. The van der Waals surface area contributed by atoms with Crippen molar-refractivity contribution in [2.45, 2.75) is 0 Å². The first kappa shape index (κ1) is 14.5. The minimum Gasteiger partial charge on any atom is -0.504 e. The summed E-state index contributed by atoms with van der Waals surface area (Å²) in [5.41, 5.74) is -0.455. The van der Waals surface area contributed by atoms with Gasteiger partial charge in [-0.3, -0.25) is 9.52 Å². The number of carbonyl (C=O) groups is 1. The molecule has 1 rings (SSSR count). The Balaban J connectivity index is 3.01. The number of nitrogens with one attached hydrogen (secondary N) is 1. The number of ether oxygens (including phenoxy) is 1. The molecule has 1 aromatic carbocycles. The van der Waals surface area contributed by atoms with E-state index < -0.39 is 39.0 Å². The molecule has 0 aliphatic carbocycles. The SMILES string of the molecule is COC(=O)CS(=O)(=O)Nc1cc(F)cc(Cl)c1O. The van der Waals surface area contributed by atoms with Gasteiger partial charge in [-0.15, -0.1) is 0 Å². The molecule has 0 aliphatic heterocycles. The number of esters is 1. The number of methoxy groups -OCH3 is 1. The van der Waals surface area contributed by atoms with Gasteiger partial charge < -0.3 is 9.84 Å². The van der Waals surface area contributed by atoms with E-state index in [0.717, 1.165) is 19.2 Å². The zero-order valence-electron chi connectivity index (χ0n) is 9.11. The minimum atomic E-state index is -4.11. The van der Waals surface area contributed by atoms with Crippen LogP contribution in [0.25, 0.3) is 0 Å². The van der Waals surface area contributed by atoms with Crippen LogP contribution in [0, 0.1) is 5.82 Å². The van der Waals surface area contributed by atoms with E-state index in [1.807, 2.05) is 4.72 Å². The topological polar surface area (TPSA) is 92.7 Å². The highest BCUT2D eigenvalue weighted by Gasteiger charge is 2.20. The van der Waals surface area contributed by atoms with Crippen molar-refractivity contribution in [3.8, 4) is 5.75 Å². The molecule has 2 N–H and O–H groups in total. The summed E-state index contributed by atoms with van der Waals surface area (Å²) in [5.74, 6) is -3.43. The molecule has 0 aromatic heterocycles. The summed E-state index contributed by atoms with van der Waals surface area (Å²) in [6.45, 7) is 0. The van der Waals surface area contributed by atoms with Crippen LogP contribution >= 0.6 is 11.6 Å². The molecule has 0 amide bonds. The minimum absolute atomic E-state index is 0.356. The number of hydrogen-bond donors (Lipinski definition) is 2. The van der Waals surface area contributed by atoms with Crippen molar-refractivity contribution in [1.29, 1.82) is 0 Å². The molecular formula is C9H9ClFNO5S. The van der Waals surface area contributed by atoms with Crippen LogP contribution in [0.5, 0.6) is 5.75 Å². The van der Waals surface area contributed by atoms with Gasteiger partial charge in [0, 0.05) is 6.07 Å². The van der Waals surface area contributed by atoms with Crippen molar-refractivity contribution in [2.75, 3.05) is 17.6 Å². The molecule has 0 saturated heterocycles. The maximum Gasteiger partial charge on any atom is 0.322 e. The van der Waals surface area contributed by atoms with Crippen LogP contribution in [0.4, 0.5) is 10.1 Å². The van der Waals surface area contributed by atoms with Gasteiger partial charge in [0.25, 0.3) is 0 Å². The van der Waals surface area contributed by atoms with Crippen LogP contribution in [-0.4, -0.2) is 32.4 Å². The predicted molar refractivity (Wildman–Crippen MR) is 62.5 cm³/mol. The number of rotatable bonds is 4. The molecule has 0 bridgehead atoms. The first-order valence-electron chi connectivity index (χ1n) is 4.50. The normalized spacial score (nSPS) is 11.1. The molecule has 6 nitrogen and oxygen atoms in total. The van der Waals surface area contributed by atoms with Crippen molar-refractivity contribution in [3.05, 3.63) is 23.0 Å². The summed E-state index contributed by atoms with van der Waals surface area (Å²) >= 11 is 5.46. The van der Waals surface area contributed by atoms with Gasteiger partial charge in [0.2, 0.25) is 10.0 Å². The largest absolute Gasteiger partial charge is 0.504 e. The predicted octanol–water partition coefficient (Wildman–Crippen LogP) is 1.10. The van der Waals surface area contributed by atoms with Crippen LogP contribution in [0.15, 0.2) is 12.1 Å². The summed E-state index contributed by atoms with van der Waals surface area (Å²) < 4.78 is 41.9. The van der Waals surface area contributed by atoms with E-state index in [1.54, 1.807) is 0 Å². The lowest BCUT2D eigenvalue weighted by Gasteiger charge is -2.09. The smallest absolute Gasteiger partial charge is 0.322 e. The third-order valence-electron chi connectivity index (χ3n) is 1.83. The van der Waals surface area contributed by atoms with Gasteiger partial charge in [-0.05, 0) is 6.07 Å². The number of phenolic OH excluding ortho intramolecular Hbond substituents is 1. The maximum absolute atomic E-state index is 13.0. The quantitative estimate of drug-likeness (QED) is 0.641. The van der Waals surface area contributed by atoms with E-state index in [9.17, 15) is 22.7 Å². The lowest BCUT2D eigenvalue weighted by Crippen LogP contribution is -2.23. The molecule has 0 fully saturated rings. The average molecular weight is 298 g/mol. The zero-order chi connectivity index (χ0) is 13.9. The fourth-order valence-electron chi connectivity index (χ4n) is 1.06. The Kier molecular flexibility index (Phi) is 4.36. The number of phenols is 1. The fraction of sp³-hybridized carbons (Fsp3) is 0.222. The number of aromatic hydroxyl groups is 1. The Morgan fingerprint density at radius 1 is 1.56 bits per heavy atom. The molecule has 9 heteroatoms. The Morgan fingerprint density at radius 2 is 2.17 bits per heavy atom. The number of benzene rings is 1. The first-order valence-corrected chi connectivity index (χ1v) is 6.53. The van der Waals surface area contributed by atoms with Crippen LogP contribution in [-0.2, 0) is 19.6 Å². The summed E-state index contributed by atoms with van der Waals surface area (Å²) in [4.78, 5) is 10.8. The van der Waals surface area contributed by atoms with Crippen LogP contribution in [0.2, 0.25) is 5.02 Å². The summed E-state index contributed by atoms with van der Waals surface area (Å²) in [6.07, 6.45) is 0. The second-order valence-electron chi connectivity index (χ2n) is 3.22. The molecule has 0 aliphatic rings. The highest BCUT2D eigenvalue weighted by atomic mass is 35.5. The molecule has 0 atom stereocenters. The van der Waals surface area contributed by atoms with Gasteiger partial charge in [0.05, 0.1) is 17.8 Å². The summed E-state index contributed by atoms with van der Waals surface area (Å²) in [7, 11) is -3.09. The van der Waals surface area contributed by atoms with Gasteiger partial charge in [0.15, 0.2) is 11.5 Å². The van der Waals surface area contributed by atoms with Crippen molar-refractivity contribution in [3.63, 3.8) is 0 Å². The van der Waals surface area contributed by atoms with Crippen molar-refractivity contribution < 1.29 is 27.4 Å². The van der Waals surface area contributed by atoms with Crippen molar-refractivity contribution >= 4 is 33.3 Å². The molecule has 0 unspecified atom stereocenters. The first-order chi connectivity index (χ1) is 8.25. The van der Waals surface area contributed by atoms with E-state index >= 15 is 0 Å². The highest BCUT2D eigenvalue weighted by Crippen LogP contribution is 2.33. The molecule has 100 valence electrons. The highest BCUT2D eigenvalue weighted by molar-refractivity contribution is 7.93. The molecule has 0 radical (unpaired) electrons. The average Bonchev–Trinajstić information content (AvgIpc) is 2.23. The van der Waals surface area contributed by atoms with Gasteiger partial charge >= 0.3 is 5.97 Å². The third-order valence-corrected chi connectivity index (χ3v) is 3.26. The van der Waals surface area contributed by atoms with Gasteiger partial charge in [0.1, 0.15) is 5.82 Å². The van der Waals surface area contributed by atoms with E-state index in [1.165, 1.54) is 0 Å². The summed E-state index contributed by atoms with van der Waals surface area (Å²) in [6, 6.07) is 1.55. The van der Waals surface area contributed by atoms with E-state index in [4.69, 9.17) is 11.6 Å². The second kappa shape index (κ2) is 5.40. The van der Waals surface area contributed by atoms with Gasteiger partial charge in [-0.2, -0.15) is 0 Å². The van der Waals surface area contributed by atoms with E-state index in [2.05, 4.69) is 4.74 Å². The molecule has 0 spiro atoms. The lowest BCUT2D eigenvalue weighted by molar-refractivity contribution is -0.137. The molecular weight excluding hydrogens is 289 g/mol. The van der Waals surface area contributed by atoms with Crippen molar-refractivity contribution in [1.82, 2.24) is 0 Å². The number of hydrogen-bond acceptors (Lipinski definition) is 5. The lowest BCUT2D eigenvalue weighted by atomic mass is 10.3. The molecule has 1 aromatic rings. The fourth-order valence-corrected chi connectivity index (χ4v) is 2.26. The number of carbonyl (C=O) groups excluding carboxylic acids is 1.